The average molecular weight is 382 g/mol. The molecule has 0 spiro atoms. The van der Waals surface area contributed by atoms with Crippen molar-refractivity contribution in [1.82, 2.24) is 9.97 Å². The van der Waals surface area contributed by atoms with Crippen molar-refractivity contribution in [1.29, 1.82) is 0 Å². The first-order valence-corrected chi connectivity index (χ1v) is 10.1. The van der Waals surface area contributed by atoms with E-state index in [4.69, 9.17) is 4.98 Å². The molecule has 1 heterocycles. The van der Waals surface area contributed by atoms with E-state index in [1.165, 1.54) is 0 Å². The Morgan fingerprint density at radius 2 is 1.79 bits per heavy atom. The number of nitrogens with zero attached hydrogens (tertiary/aromatic N) is 5. The second-order valence-electron chi connectivity index (χ2n) is 6.43. The van der Waals surface area contributed by atoms with Crippen LogP contribution in [0.2, 0.25) is 0 Å². The second-order valence-corrected chi connectivity index (χ2v) is 6.43. The molecule has 0 radical (unpaired) electrons. The van der Waals surface area contributed by atoms with Crippen molar-refractivity contribution in [3.63, 3.8) is 0 Å². The maximum atomic E-state index is 12.0. The van der Waals surface area contributed by atoms with Crippen molar-refractivity contribution in [3.05, 3.63) is 42.1 Å². The number of hydrogen-bond donors (Lipinski definition) is 0. The molecule has 2 aromatic rings. The van der Waals surface area contributed by atoms with Crippen molar-refractivity contribution in [2.75, 3.05) is 29.4 Å². The molecule has 0 N–H and O–H groups in total. The lowest BCUT2D eigenvalue weighted by Gasteiger charge is -2.30. The van der Waals surface area contributed by atoms with E-state index >= 15 is 0 Å². The molecule has 0 aliphatic heterocycles. The largest absolute Gasteiger partial charge is 0.354 e. The van der Waals surface area contributed by atoms with Crippen LogP contribution in [0.1, 0.15) is 52.1 Å². The standard InChI is InChI=1S/C22H31N5O/c1-5-9-15-23-21-19(16-24-22(25-21)26(6-2)7-3)27(8-4)20(17-28)18-13-11-10-12-14-18/h10-17,20H,5-9H2,1-4H3/t20-/m1/s1. The van der Waals surface area contributed by atoms with E-state index in [-0.39, 0.29) is 0 Å². The summed E-state index contributed by atoms with van der Waals surface area (Å²) < 4.78 is 0. The van der Waals surface area contributed by atoms with Crippen LogP contribution in [0.4, 0.5) is 17.5 Å². The number of benzene rings is 1. The fraction of sp³-hybridized carbons (Fsp3) is 0.455. The van der Waals surface area contributed by atoms with E-state index in [2.05, 4.69) is 35.6 Å². The van der Waals surface area contributed by atoms with Gasteiger partial charge in [0.05, 0.1) is 6.20 Å². The molecule has 0 unspecified atom stereocenters. The molecule has 1 aromatic carbocycles. The number of rotatable bonds is 11. The highest BCUT2D eigenvalue weighted by atomic mass is 16.1. The predicted octanol–water partition coefficient (Wildman–Crippen LogP) is 4.59. The summed E-state index contributed by atoms with van der Waals surface area (Å²) in [4.78, 5) is 30.0. The van der Waals surface area contributed by atoms with E-state index in [0.717, 1.165) is 43.5 Å². The molecule has 0 fully saturated rings. The Bertz CT molecular complexity index is 759. The number of likely N-dealkylation sites (N-methyl/N-ethyl adjacent to an activating group) is 1. The molecule has 0 saturated heterocycles. The van der Waals surface area contributed by atoms with Crippen LogP contribution in [0, 0.1) is 0 Å². The first kappa shape index (κ1) is 21.5. The van der Waals surface area contributed by atoms with Crippen LogP contribution in [0.3, 0.4) is 0 Å². The highest BCUT2D eigenvalue weighted by molar-refractivity contribution is 5.76. The fourth-order valence-corrected chi connectivity index (χ4v) is 3.09. The normalized spacial score (nSPS) is 12.1. The highest BCUT2D eigenvalue weighted by Gasteiger charge is 2.23. The van der Waals surface area contributed by atoms with Crippen molar-refractivity contribution in [3.8, 4) is 0 Å². The maximum absolute atomic E-state index is 12.0. The van der Waals surface area contributed by atoms with Gasteiger partial charge in [0.1, 0.15) is 18.0 Å². The Labute approximate surface area is 168 Å². The Balaban J connectivity index is 2.51. The number of aromatic nitrogens is 2. The summed E-state index contributed by atoms with van der Waals surface area (Å²) in [6.07, 6.45) is 6.56. The number of unbranched alkanes of at least 4 members (excludes halogenated alkanes) is 1. The Morgan fingerprint density at radius 1 is 1.07 bits per heavy atom. The van der Waals surface area contributed by atoms with Gasteiger partial charge in [-0.15, -0.1) is 0 Å². The number of carbonyl (C=O) groups excluding carboxylic acids is 1. The van der Waals surface area contributed by atoms with Crippen molar-refractivity contribution < 1.29 is 4.79 Å². The van der Waals surface area contributed by atoms with Crippen LogP contribution in [0.25, 0.3) is 0 Å². The summed E-state index contributed by atoms with van der Waals surface area (Å²) >= 11 is 0. The minimum Gasteiger partial charge on any atom is -0.354 e. The van der Waals surface area contributed by atoms with Crippen molar-refractivity contribution in [2.45, 2.75) is 46.6 Å². The molecular formula is C22H31N5O. The fourth-order valence-electron chi connectivity index (χ4n) is 3.09. The van der Waals surface area contributed by atoms with Gasteiger partial charge in [-0.2, -0.15) is 4.98 Å². The van der Waals surface area contributed by atoms with Crippen LogP contribution >= 0.6 is 0 Å². The van der Waals surface area contributed by atoms with Gasteiger partial charge in [0.2, 0.25) is 5.95 Å². The number of anilines is 2. The molecule has 0 saturated carbocycles. The minimum absolute atomic E-state index is 0.408. The van der Waals surface area contributed by atoms with Gasteiger partial charge in [0.25, 0.3) is 0 Å². The van der Waals surface area contributed by atoms with Crippen LogP contribution in [-0.2, 0) is 4.79 Å². The first-order valence-electron chi connectivity index (χ1n) is 10.1. The summed E-state index contributed by atoms with van der Waals surface area (Å²) in [5.41, 5.74) is 1.71. The van der Waals surface area contributed by atoms with Gasteiger partial charge >= 0.3 is 0 Å². The van der Waals surface area contributed by atoms with Crippen molar-refractivity contribution in [2.24, 2.45) is 4.99 Å². The van der Waals surface area contributed by atoms with Gasteiger partial charge in [-0.25, -0.2) is 9.98 Å². The second kappa shape index (κ2) is 11.2. The molecular weight excluding hydrogens is 350 g/mol. The smallest absolute Gasteiger partial charge is 0.227 e. The van der Waals surface area contributed by atoms with Gasteiger partial charge in [0.15, 0.2) is 5.82 Å². The van der Waals surface area contributed by atoms with Crippen LogP contribution in [0.5, 0.6) is 0 Å². The van der Waals surface area contributed by atoms with Gasteiger partial charge in [0, 0.05) is 25.8 Å². The maximum Gasteiger partial charge on any atom is 0.227 e. The summed E-state index contributed by atoms with van der Waals surface area (Å²) in [7, 11) is 0. The summed E-state index contributed by atoms with van der Waals surface area (Å²) in [5, 5.41) is 0. The summed E-state index contributed by atoms with van der Waals surface area (Å²) in [5.74, 6) is 1.27. The van der Waals surface area contributed by atoms with E-state index in [1.807, 2.05) is 48.4 Å². The third-order valence-electron chi connectivity index (χ3n) is 4.67. The molecule has 150 valence electrons. The van der Waals surface area contributed by atoms with E-state index in [9.17, 15) is 4.79 Å². The zero-order valence-electron chi connectivity index (χ0n) is 17.4. The number of hydrogen-bond acceptors (Lipinski definition) is 6. The molecule has 1 aromatic heterocycles. The van der Waals surface area contributed by atoms with E-state index in [1.54, 1.807) is 6.20 Å². The number of aliphatic imine (C=N–C) groups is 1. The Morgan fingerprint density at radius 3 is 2.36 bits per heavy atom. The molecule has 6 heteroatoms. The minimum atomic E-state index is -0.408. The van der Waals surface area contributed by atoms with Gasteiger partial charge in [-0.3, -0.25) is 0 Å². The molecule has 0 aliphatic rings. The Hall–Kier alpha value is -2.76. The van der Waals surface area contributed by atoms with Crippen molar-refractivity contribution >= 4 is 30.0 Å². The molecule has 0 amide bonds. The molecule has 28 heavy (non-hydrogen) atoms. The predicted molar refractivity (Wildman–Crippen MR) is 117 cm³/mol. The monoisotopic (exact) mass is 381 g/mol. The highest BCUT2D eigenvalue weighted by Crippen LogP contribution is 2.33. The summed E-state index contributed by atoms with van der Waals surface area (Å²) in [6.45, 7) is 10.6. The van der Waals surface area contributed by atoms with E-state index in [0.29, 0.717) is 18.3 Å². The summed E-state index contributed by atoms with van der Waals surface area (Å²) in [6, 6.07) is 9.36. The van der Waals surface area contributed by atoms with Crippen LogP contribution in [0.15, 0.2) is 41.5 Å². The average Bonchev–Trinajstić information content (AvgIpc) is 2.74. The number of aldehydes is 1. The zero-order valence-corrected chi connectivity index (χ0v) is 17.4. The molecule has 6 nitrogen and oxygen atoms in total. The quantitative estimate of drug-likeness (QED) is 0.421. The molecule has 2 rings (SSSR count). The van der Waals surface area contributed by atoms with Gasteiger partial charge < -0.3 is 14.6 Å². The topological polar surface area (TPSA) is 61.7 Å². The third kappa shape index (κ3) is 5.15. The lowest BCUT2D eigenvalue weighted by molar-refractivity contribution is -0.109. The zero-order chi connectivity index (χ0) is 20.4. The third-order valence-corrected chi connectivity index (χ3v) is 4.67. The van der Waals surface area contributed by atoms with Crippen LogP contribution in [-0.4, -0.2) is 42.1 Å². The van der Waals surface area contributed by atoms with Crippen LogP contribution < -0.4 is 9.80 Å². The molecule has 0 bridgehead atoms. The van der Waals surface area contributed by atoms with Gasteiger partial charge in [-0.05, 0) is 32.8 Å². The van der Waals surface area contributed by atoms with Gasteiger partial charge in [-0.1, -0.05) is 43.7 Å². The lowest BCUT2D eigenvalue weighted by atomic mass is 10.1. The molecule has 1 atom stereocenters. The number of carbonyl (C=O) groups is 1. The SMILES string of the molecule is CCCC=Nc1nc(N(CC)CC)ncc1N(CC)[C@H](C=O)c1ccccc1. The van der Waals surface area contributed by atoms with E-state index < -0.39 is 6.04 Å². The molecule has 0 aliphatic carbocycles. The first-order chi connectivity index (χ1) is 13.7. The Kier molecular flexibility index (Phi) is 8.59. The lowest BCUT2D eigenvalue weighted by Crippen LogP contribution is -2.30.